The first-order valence-corrected chi connectivity index (χ1v) is 6.43. The molecule has 0 bridgehead atoms. The molecule has 1 aromatic carbocycles. The van der Waals surface area contributed by atoms with Crippen LogP contribution in [0.4, 0.5) is 0 Å². The smallest absolute Gasteiger partial charge is 0.296 e. The van der Waals surface area contributed by atoms with Crippen molar-refractivity contribution in [2.24, 2.45) is 5.92 Å². The van der Waals surface area contributed by atoms with Gasteiger partial charge in [-0.05, 0) is 19.1 Å². The third-order valence-electron chi connectivity index (χ3n) is 2.13. The summed E-state index contributed by atoms with van der Waals surface area (Å²) in [5, 5.41) is 8.76. The third kappa shape index (κ3) is 3.59. The molecule has 0 saturated carbocycles. The summed E-state index contributed by atoms with van der Waals surface area (Å²) < 4.78 is 28.1. The van der Waals surface area contributed by atoms with Crippen LogP contribution in [0.3, 0.4) is 0 Å². The number of aryl methyl sites for hydroxylation is 1. The first-order valence-electron chi connectivity index (χ1n) is 5.02. The predicted molar refractivity (Wildman–Crippen MR) is 60.6 cm³/mol. The van der Waals surface area contributed by atoms with E-state index in [1.807, 2.05) is 6.92 Å². The van der Waals surface area contributed by atoms with Crippen molar-refractivity contribution >= 4 is 10.1 Å². The van der Waals surface area contributed by atoms with E-state index in [9.17, 15) is 8.42 Å². The molecule has 1 N–H and O–H groups in total. The van der Waals surface area contributed by atoms with Crippen molar-refractivity contribution in [2.75, 3.05) is 13.2 Å². The van der Waals surface area contributed by atoms with Crippen LogP contribution in [-0.2, 0) is 14.3 Å². The van der Waals surface area contributed by atoms with E-state index >= 15 is 0 Å². The molecule has 1 aromatic rings. The maximum absolute atomic E-state index is 11.7. The van der Waals surface area contributed by atoms with Crippen molar-refractivity contribution in [3.8, 4) is 0 Å². The summed E-state index contributed by atoms with van der Waals surface area (Å²) in [5.41, 5.74) is 0.989. The fourth-order valence-corrected chi connectivity index (χ4v) is 2.05. The van der Waals surface area contributed by atoms with Crippen LogP contribution < -0.4 is 0 Å². The number of rotatable bonds is 5. The van der Waals surface area contributed by atoms with E-state index < -0.39 is 10.1 Å². The zero-order valence-corrected chi connectivity index (χ0v) is 10.2. The summed E-state index contributed by atoms with van der Waals surface area (Å²) >= 11 is 0. The van der Waals surface area contributed by atoms with Crippen molar-refractivity contribution in [1.82, 2.24) is 0 Å². The number of aliphatic hydroxyl groups excluding tert-OH is 1. The molecule has 0 radical (unpaired) electrons. The highest BCUT2D eigenvalue weighted by molar-refractivity contribution is 7.86. The zero-order valence-electron chi connectivity index (χ0n) is 9.38. The average molecular weight is 244 g/mol. The molecule has 0 fully saturated rings. The van der Waals surface area contributed by atoms with Gasteiger partial charge in [0.2, 0.25) is 0 Å². The van der Waals surface area contributed by atoms with Crippen LogP contribution in [0.1, 0.15) is 12.5 Å². The van der Waals surface area contributed by atoms with Gasteiger partial charge in [0.15, 0.2) is 0 Å². The van der Waals surface area contributed by atoms with Gasteiger partial charge in [0.25, 0.3) is 10.1 Å². The maximum Gasteiger partial charge on any atom is 0.296 e. The highest BCUT2D eigenvalue weighted by atomic mass is 32.2. The molecule has 4 nitrogen and oxygen atoms in total. The lowest BCUT2D eigenvalue weighted by atomic mass is 10.2. The summed E-state index contributed by atoms with van der Waals surface area (Å²) in [5.74, 6) is -0.194. The van der Waals surface area contributed by atoms with Crippen LogP contribution in [0.2, 0.25) is 0 Å². The zero-order chi connectivity index (χ0) is 12.2. The Morgan fingerprint density at radius 2 is 1.88 bits per heavy atom. The monoisotopic (exact) mass is 244 g/mol. The van der Waals surface area contributed by atoms with Gasteiger partial charge in [-0.2, -0.15) is 8.42 Å². The SMILES string of the molecule is Cc1ccc(S(=O)(=O)OC[C@@H](C)CO)cc1. The van der Waals surface area contributed by atoms with E-state index in [2.05, 4.69) is 0 Å². The summed E-state index contributed by atoms with van der Waals surface area (Å²) in [4.78, 5) is 0.142. The standard InChI is InChI=1S/C11H16O4S/c1-9-3-5-11(6-4-9)16(13,14)15-8-10(2)7-12/h3-6,10,12H,7-8H2,1-2H3/t10-/m0/s1. The quantitative estimate of drug-likeness (QED) is 0.794. The van der Waals surface area contributed by atoms with Gasteiger partial charge in [-0.1, -0.05) is 24.6 Å². The molecular formula is C11H16O4S. The van der Waals surface area contributed by atoms with Crippen LogP contribution in [0.5, 0.6) is 0 Å². The minimum atomic E-state index is -3.69. The molecule has 0 aliphatic carbocycles. The number of aliphatic hydroxyl groups is 1. The fourth-order valence-electron chi connectivity index (χ4n) is 1.03. The molecule has 0 unspecified atom stereocenters. The van der Waals surface area contributed by atoms with E-state index in [1.54, 1.807) is 19.1 Å². The minimum Gasteiger partial charge on any atom is -0.396 e. The van der Waals surface area contributed by atoms with Crippen molar-refractivity contribution in [3.63, 3.8) is 0 Å². The van der Waals surface area contributed by atoms with Gasteiger partial charge in [-0.3, -0.25) is 4.18 Å². The largest absolute Gasteiger partial charge is 0.396 e. The second-order valence-corrected chi connectivity index (χ2v) is 5.45. The Kier molecular flexibility index (Phi) is 4.46. The summed E-state index contributed by atoms with van der Waals surface area (Å²) in [6.07, 6.45) is 0. The fraction of sp³-hybridized carbons (Fsp3) is 0.455. The van der Waals surface area contributed by atoms with E-state index in [4.69, 9.17) is 9.29 Å². The second kappa shape index (κ2) is 5.43. The van der Waals surface area contributed by atoms with Crippen LogP contribution in [-0.4, -0.2) is 26.7 Å². The van der Waals surface area contributed by atoms with E-state index in [0.29, 0.717) is 0 Å². The molecule has 0 spiro atoms. The van der Waals surface area contributed by atoms with E-state index in [0.717, 1.165) is 5.56 Å². The van der Waals surface area contributed by atoms with Crippen molar-refractivity contribution in [2.45, 2.75) is 18.7 Å². The lowest BCUT2D eigenvalue weighted by molar-refractivity contribution is 0.178. The molecule has 0 saturated heterocycles. The third-order valence-corrected chi connectivity index (χ3v) is 3.42. The molecule has 0 amide bonds. The maximum atomic E-state index is 11.7. The molecule has 1 atom stereocenters. The molecule has 0 heterocycles. The first kappa shape index (κ1) is 13.2. The summed E-state index contributed by atoms with van der Waals surface area (Å²) in [7, 11) is -3.69. The van der Waals surface area contributed by atoms with Crippen LogP contribution in [0.15, 0.2) is 29.2 Å². The van der Waals surface area contributed by atoms with E-state index in [1.165, 1.54) is 12.1 Å². The van der Waals surface area contributed by atoms with Crippen molar-refractivity contribution in [3.05, 3.63) is 29.8 Å². The molecule has 16 heavy (non-hydrogen) atoms. The number of benzene rings is 1. The molecule has 5 heteroatoms. The first-order chi connectivity index (χ1) is 7.45. The summed E-state index contributed by atoms with van der Waals surface area (Å²) in [6.45, 7) is 3.49. The second-order valence-electron chi connectivity index (χ2n) is 3.84. The van der Waals surface area contributed by atoms with Crippen LogP contribution in [0.25, 0.3) is 0 Å². The Morgan fingerprint density at radius 3 is 2.38 bits per heavy atom. The number of hydrogen-bond acceptors (Lipinski definition) is 4. The molecule has 90 valence electrons. The molecule has 1 rings (SSSR count). The Balaban J connectivity index is 2.74. The topological polar surface area (TPSA) is 63.6 Å². The van der Waals surface area contributed by atoms with Gasteiger partial charge in [0.1, 0.15) is 0 Å². The van der Waals surface area contributed by atoms with E-state index in [-0.39, 0.29) is 24.0 Å². The van der Waals surface area contributed by atoms with Gasteiger partial charge in [0, 0.05) is 12.5 Å². The molecular weight excluding hydrogens is 228 g/mol. The van der Waals surface area contributed by atoms with Crippen LogP contribution in [0, 0.1) is 12.8 Å². The minimum absolute atomic E-state index is 0.00723. The highest BCUT2D eigenvalue weighted by Crippen LogP contribution is 2.14. The lowest BCUT2D eigenvalue weighted by Gasteiger charge is -2.09. The van der Waals surface area contributed by atoms with Crippen molar-refractivity contribution in [1.29, 1.82) is 0 Å². The molecule has 0 aromatic heterocycles. The molecule has 0 aliphatic rings. The molecule has 0 aliphatic heterocycles. The Morgan fingerprint density at radius 1 is 1.31 bits per heavy atom. The summed E-state index contributed by atoms with van der Waals surface area (Å²) in [6, 6.07) is 6.44. The van der Waals surface area contributed by atoms with Gasteiger partial charge in [-0.25, -0.2) is 0 Å². The average Bonchev–Trinajstić information content (AvgIpc) is 2.26. The predicted octanol–water partition coefficient (Wildman–Crippen LogP) is 1.33. The Hall–Kier alpha value is -0.910. The Bertz CT molecular complexity index is 422. The highest BCUT2D eigenvalue weighted by Gasteiger charge is 2.16. The van der Waals surface area contributed by atoms with Gasteiger partial charge < -0.3 is 5.11 Å². The van der Waals surface area contributed by atoms with Gasteiger partial charge in [-0.15, -0.1) is 0 Å². The normalized spacial score (nSPS) is 13.7. The number of hydrogen-bond donors (Lipinski definition) is 1. The Labute approximate surface area is 96.0 Å². The van der Waals surface area contributed by atoms with Crippen LogP contribution >= 0.6 is 0 Å². The van der Waals surface area contributed by atoms with Gasteiger partial charge in [0.05, 0.1) is 11.5 Å². The van der Waals surface area contributed by atoms with Gasteiger partial charge >= 0.3 is 0 Å². The van der Waals surface area contributed by atoms with Crippen molar-refractivity contribution < 1.29 is 17.7 Å². The lowest BCUT2D eigenvalue weighted by Crippen LogP contribution is -2.15.